The lowest BCUT2D eigenvalue weighted by atomic mass is 10.3. The van der Waals surface area contributed by atoms with E-state index in [1.807, 2.05) is 6.92 Å². The Kier molecular flexibility index (Phi) is 9.80. The quantitative estimate of drug-likeness (QED) is 0.435. The topological polar surface area (TPSA) is 73.3 Å². The third-order valence-electron chi connectivity index (χ3n) is 1.84. The van der Waals surface area contributed by atoms with Crippen LogP contribution in [0.5, 0.6) is 0 Å². The van der Waals surface area contributed by atoms with Crippen molar-refractivity contribution in [1.29, 1.82) is 0 Å². The Hall–Kier alpha value is -0.160. The van der Waals surface area contributed by atoms with E-state index in [2.05, 4.69) is 5.32 Å². The van der Waals surface area contributed by atoms with Gasteiger partial charge in [-0.05, 0) is 32.9 Å². The molecule has 1 atom stereocenters. The van der Waals surface area contributed by atoms with E-state index in [-0.39, 0.29) is 6.10 Å². The van der Waals surface area contributed by atoms with Gasteiger partial charge in [0.25, 0.3) is 0 Å². The smallest absolute Gasteiger partial charge is 0.0821 e. The average Bonchev–Trinajstić information content (AvgIpc) is 2.16. The molecule has 80 valence electrons. The predicted molar refractivity (Wildman–Crippen MR) is 55.6 cm³/mol. The van der Waals surface area contributed by atoms with E-state index in [1.165, 1.54) is 0 Å². The lowest BCUT2D eigenvalue weighted by Gasteiger charge is -2.15. The first-order valence-electron chi connectivity index (χ1n) is 5.07. The monoisotopic (exact) mass is 189 g/mol. The Morgan fingerprint density at radius 3 is 2.62 bits per heavy atom. The zero-order chi connectivity index (χ0) is 9.94. The summed E-state index contributed by atoms with van der Waals surface area (Å²) < 4.78 is 5.39. The number of ether oxygens (including phenoxy) is 1. The van der Waals surface area contributed by atoms with Crippen molar-refractivity contribution >= 4 is 0 Å². The third kappa shape index (κ3) is 8.18. The molecule has 1 unspecified atom stereocenters. The van der Waals surface area contributed by atoms with E-state index in [4.69, 9.17) is 16.2 Å². The minimum Gasteiger partial charge on any atom is -0.376 e. The predicted octanol–water partition coefficient (Wildman–Crippen LogP) is -0.321. The molecule has 0 bridgehead atoms. The fraction of sp³-hybridized carbons (Fsp3) is 1.00. The molecule has 0 heterocycles. The van der Waals surface area contributed by atoms with Crippen LogP contribution in [-0.4, -0.2) is 38.9 Å². The molecular weight excluding hydrogens is 166 g/mol. The van der Waals surface area contributed by atoms with Gasteiger partial charge in [-0.1, -0.05) is 0 Å². The molecule has 13 heavy (non-hydrogen) atoms. The molecule has 0 aromatic carbocycles. The molecule has 0 saturated carbocycles. The third-order valence-corrected chi connectivity index (χ3v) is 1.84. The van der Waals surface area contributed by atoms with Crippen LogP contribution in [-0.2, 0) is 4.74 Å². The molecule has 0 saturated heterocycles. The summed E-state index contributed by atoms with van der Waals surface area (Å²) in [5.41, 5.74) is 10.9. The largest absolute Gasteiger partial charge is 0.376 e. The average molecular weight is 189 g/mol. The molecule has 4 nitrogen and oxygen atoms in total. The van der Waals surface area contributed by atoms with Crippen molar-refractivity contribution in [3.05, 3.63) is 0 Å². The highest BCUT2D eigenvalue weighted by Gasteiger charge is 2.03. The second-order valence-corrected chi connectivity index (χ2v) is 3.01. The SMILES string of the molecule is CCOC(CN)CNCCCCN. The first-order valence-corrected chi connectivity index (χ1v) is 5.07. The van der Waals surface area contributed by atoms with E-state index in [0.717, 1.165) is 39.1 Å². The summed E-state index contributed by atoms with van der Waals surface area (Å²) in [7, 11) is 0. The lowest BCUT2D eigenvalue weighted by Crippen LogP contribution is -2.35. The second-order valence-electron chi connectivity index (χ2n) is 3.01. The zero-order valence-electron chi connectivity index (χ0n) is 8.59. The van der Waals surface area contributed by atoms with Crippen LogP contribution in [0.3, 0.4) is 0 Å². The van der Waals surface area contributed by atoms with Gasteiger partial charge in [0.15, 0.2) is 0 Å². The van der Waals surface area contributed by atoms with Gasteiger partial charge in [0.05, 0.1) is 6.10 Å². The van der Waals surface area contributed by atoms with Gasteiger partial charge < -0.3 is 21.5 Å². The maximum atomic E-state index is 5.51. The van der Waals surface area contributed by atoms with Crippen molar-refractivity contribution < 1.29 is 4.74 Å². The fourth-order valence-corrected chi connectivity index (χ4v) is 1.10. The number of nitrogens with two attached hydrogens (primary N) is 2. The normalized spacial score (nSPS) is 13.2. The van der Waals surface area contributed by atoms with E-state index >= 15 is 0 Å². The Morgan fingerprint density at radius 2 is 2.08 bits per heavy atom. The van der Waals surface area contributed by atoms with E-state index in [0.29, 0.717) is 6.54 Å². The highest BCUT2D eigenvalue weighted by molar-refractivity contribution is 4.62. The van der Waals surface area contributed by atoms with Gasteiger partial charge in [-0.3, -0.25) is 0 Å². The van der Waals surface area contributed by atoms with Crippen LogP contribution in [0.25, 0.3) is 0 Å². The van der Waals surface area contributed by atoms with Gasteiger partial charge in [0, 0.05) is 19.7 Å². The summed E-state index contributed by atoms with van der Waals surface area (Å²) in [6, 6.07) is 0. The number of nitrogens with one attached hydrogen (secondary N) is 1. The number of hydrogen-bond acceptors (Lipinski definition) is 4. The molecule has 4 heteroatoms. The summed E-state index contributed by atoms with van der Waals surface area (Å²) in [5.74, 6) is 0. The maximum absolute atomic E-state index is 5.51. The molecule has 0 aromatic heterocycles. The number of hydrogen-bond donors (Lipinski definition) is 3. The Labute approximate surface area is 81.0 Å². The first kappa shape index (κ1) is 12.8. The van der Waals surface area contributed by atoms with E-state index < -0.39 is 0 Å². The Bertz CT molecular complexity index is 101. The molecule has 0 spiro atoms. The first-order chi connectivity index (χ1) is 6.35. The lowest BCUT2D eigenvalue weighted by molar-refractivity contribution is 0.0690. The minimum absolute atomic E-state index is 0.155. The molecule has 0 rings (SSSR count). The molecule has 0 amide bonds. The molecule has 0 aliphatic carbocycles. The van der Waals surface area contributed by atoms with Gasteiger partial charge in [-0.25, -0.2) is 0 Å². The van der Waals surface area contributed by atoms with Crippen LogP contribution >= 0.6 is 0 Å². The van der Waals surface area contributed by atoms with Crippen LogP contribution in [0.4, 0.5) is 0 Å². The molecule has 5 N–H and O–H groups in total. The summed E-state index contributed by atoms with van der Waals surface area (Å²) in [5, 5.41) is 3.30. The van der Waals surface area contributed by atoms with Gasteiger partial charge in [0.1, 0.15) is 0 Å². The minimum atomic E-state index is 0.155. The van der Waals surface area contributed by atoms with Crippen molar-refractivity contribution in [2.45, 2.75) is 25.9 Å². The Balaban J connectivity index is 3.17. The summed E-state index contributed by atoms with van der Waals surface area (Å²) in [6.45, 7) is 5.91. The van der Waals surface area contributed by atoms with Crippen LogP contribution < -0.4 is 16.8 Å². The number of rotatable bonds is 9. The standard InChI is InChI=1S/C9H23N3O/c1-2-13-9(7-11)8-12-6-4-3-5-10/h9,12H,2-8,10-11H2,1H3. The van der Waals surface area contributed by atoms with Crippen LogP contribution in [0.15, 0.2) is 0 Å². The maximum Gasteiger partial charge on any atom is 0.0821 e. The fourth-order valence-electron chi connectivity index (χ4n) is 1.10. The van der Waals surface area contributed by atoms with Gasteiger partial charge in [-0.2, -0.15) is 0 Å². The van der Waals surface area contributed by atoms with Crippen molar-refractivity contribution in [3.63, 3.8) is 0 Å². The summed E-state index contributed by atoms with van der Waals surface area (Å²) in [4.78, 5) is 0. The molecule has 0 aromatic rings. The molecule has 0 aliphatic rings. The van der Waals surface area contributed by atoms with Crippen molar-refractivity contribution in [2.24, 2.45) is 11.5 Å². The van der Waals surface area contributed by atoms with Crippen molar-refractivity contribution in [1.82, 2.24) is 5.32 Å². The van der Waals surface area contributed by atoms with Crippen LogP contribution in [0.2, 0.25) is 0 Å². The number of unbranched alkanes of at least 4 members (excludes halogenated alkanes) is 1. The van der Waals surface area contributed by atoms with E-state index in [9.17, 15) is 0 Å². The van der Waals surface area contributed by atoms with Crippen LogP contribution in [0, 0.1) is 0 Å². The van der Waals surface area contributed by atoms with Gasteiger partial charge in [0.2, 0.25) is 0 Å². The van der Waals surface area contributed by atoms with E-state index in [1.54, 1.807) is 0 Å². The molecule has 0 aliphatic heterocycles. The highest BCUT2D eigenvalue weighted by Crippen LogP contribution is 1.88. The second kappa shape index (κ2) is 9.92. The molecule has 0 fully saturated rings. The summed E-state index contributed by atoms with van der Waals surface area (Å²) in [6.07, 6.45) is 2.36. The van der Waals surface area contributed by atoms with Gasteiger partial charge >= 0.3 is 0 Å². The molecular formula is C9H23N3O. The Morgan fingerprint density at radius 1 is 1.31 bits per heavy atom. The summed E-state index contributed by atoms with van der Waals surface area (Å²) >= 11 is 0. The molecule has 0 radical (unpaired) electrons. The van der Waals surface area contributed by atoms with Gasteiger partial charge in [-0.15, -0.1) is 0 Å². The zero-order valence-corrected chi connectivity index (χ0v) is 8.59. The highest BCUT2D eigenvalue weighted by atomic mass is 16.5. The van der Waals surface area contributed by atoms with Crippen molar-refractivity contribution in [2.75, 3.05) is 32.8 Å². The van der Waals surface area contributed by atoms with Crippen LogP contribution in [0.1, 0.15) is 19.8 Å². The van der Waals surface area contributed by atoms with Crippen molar-refractivity contribution in [3.8, 4) is 0 Å².